The summed E-state index contributed by atoms with van der Waals surface area (Å²) in [4.78, 5) is 38.4. The minimum Gasteiger partial charge on any atom is -0.479 e. The zero-order chi connectivity index (χ0) is 21.1. The first-order valence-corrected chi connectivity index (χ1v) is 9.44. The van der Waals surface area contributed by atoms with Crippen molar-refractivity contribution in [2.24, 2.45) is 0 Å². The van der Waals surface area contributed by atoms with Gasteiger partial charge in [0.1, 0.15) is 12.3 Å². The molecule has 1 aliphatic heterocycles. The van der Waals surface area contributed by atoms with E-state index in [1.165, 1.54) is 4.90 Å². The molecule has 0 saturated carbocycles. The second kappa shape index (κ2) is 8.34. The summed E-state index contributed by atoms with van der Waals surface area (Å²) in [5.74, 6) is -0.469. The van der Waals surface area contributed by atoms with Crippen LogP contribution in [0, 0.1) is 6.92 Å². The van der Waals surface area contributed by atoms with E-state index >= 15 is 0 Å². The maximum absolute atomic E-state index is 12.6. The number of carbonyl (C=O) groups excluding carboxylic acids is 3. The molecule has 152 valence electrons. The summed E-state index contributed by atoms with van der Waals surface area (Å²) in [6.07, 6.45) is -0.869. The minimum absolute atomic E-state index is 0.139. The van der Waals surface area contributed by atoms with Gasteiger partial charge in [0.05, 0.1) is 17.4 Å². The van der Waals surface area contributed by atoms with Crippen molar-refractivity contribution in [3.63, 3.8) is 0 Å². The molecule has 0 spiro atoms. The molecule has 2 amide bonds. The zero-order valence-electron chi connectivity index (χ0n) is 16.9. The van der Waals surface area contributed by atoms with Crippen molar-refractivity contribution in [2.75, 3.05) is 16.8 Å². The van der Waals surface area contributed by atoms with Crippen LogP contribution in [0.15, 0.2) is 42.5 Å². The molecule has 0 bridgehead atoms. The number of nitrogens with zero attached hydrogens (tertiary/aromatic N) is 1. The van der Waals surface area contributed by atoms with E-state index in [1.54, 1.807) is 51.1 Å². The van der Waals surface area contributed by atoms with Crippen molar-refractivity contribution in [1.82, 2.24) is 0 Å². The quantitative estimate of drug-likeness (QED) is 0.784. The van der Waals surface area contributed by atoms with E-state index in [4.69, 9.17) is 9.47 Å². The van der Waals surface area contributed by atoms with E-state index in [1.807, 2.05) is 19.1 Å². The third-order valence-corrected chi connectivity index (χ3v) is 4.37. The number of benzene rings is 2. The van der Waals surface area contributed by atoms with Crippen LogP contribution in [0.1, 0.15) is 36.7 Å². The van der Waals surface area contributed by atoms with Gasteiger partial charge < -0.3 is 14.8 Å². The van der Waals surface area contributed by atoms with Crippen LogP contribution in [0.4, 0.5) is 11.4 Å². The van der Waals surface area contributed by atoms with Gasteiger partial charge in [0.2, 0.25) is 5.91 Å². The number of fused-ring (bicyclic) bond motifs is 1. The van der Waals surface area contributed by atoms with Gasteiger partial charge in [-0.25, -0.2) is 4.79 Å². The number of aryl methyl sites for hydroxylation is 1. The highest BCUT2D eigenvalue weighted by Gasteiger charge is 2.32. The number of amides is 2. The van der Waals surface area contributed by atoms with Crippen molar-refractivity contribution in [1.29, 1.82) is 0 Å². The molecule has 2 aromatic carbocycles. The Labute approximate surface area is 169 Å². The van der Waals surface area contributed by atoms with Crippen molar-refractivity contribution in [3.05, 3.63) is 53.6 Å². The molecule has 3 rings (SSSR count). The number of ether oxygens (including phenoxy) is 2. The highest BCUT2D eigenvalue weighted by atomic mass is 16.5. The van der Waals surface area contributed by atoms with Crippen molar-refractivity contribution < 1.29 is 23.9 Å². The Morgan fingerprint density at radius 3 is 2.52 bits per heavy atom. The molecule has 7 nitrogen and oxygen atoms in total. The van der Waals surface area contributed by atoms with Gasteiger partial charge in [-0.05, 0) is 69.7 Å². The first kappa shape index (κ1) is 20.4. The van der Waals surface area contributed by atoms with Crippen LogP contribution in [-0.4, -0.2) is 36.5 Å². The first-order valence-electron chi connectivity index (χ1n) is 9.44. The molecule has 0 radical (unpaired) electrons. The van der Waals surface area contributed by atoms with Gasteiger partial charge in [0.15, 0.2) is 6.10 Å². The lowest BCUT2D eigenvalue weighted by Gasteiger charge is -2.32. The molecule has 1 aliphatic rings. The van der Waals surface area contributed by atoms with E-state index < -0.39 is 12.1 Å². The Morgan fingerprint density at radius 2 is 1.86 bits per heavy atom. The smallest absolute Gasteiger partial charge is 0.338 e. The van der Waals surface area contributed by atoms with Crippen LogP contribution in [0.2, 0.25) is 0 Å². The van der Waals surface area contributed by atoms with E-state index in [0.29, 0.717) is 22.7 Å². The maximum atomic E-state index is 12.6. The van der Waals surface area contributed by atoms with E-state index in [-0.39, 0.29) is 24.5 Å². The van der Waals surface area contributed by atoms with E-state index in [9.17, 15) is 14.4 Å². The maximum Gasteiger partial charge on any atom is 0.338 e. The Balaban J connectivity index is 1.70. The average Bonchev–Trinajstić information content (AvgIpc) is 2.66. The lowest BCUT2D eigenvalue weighted by molar-refractivity contribution is -0.127. The molecular weight excluding hydrogens is 372 g/mol. The standard InChI is InChI=1S/C22H24N2O5/c1-13(2)28-22(27)16-6-8-17(9-7-16)23-20(25)12-24-18-11-14(3)5-10-19(18)29-15(4)21(24)26/h5-11,13,15H,12H2,1-4H3,(H,23,25). The predicted molar refractivity (Wildman–Crippen MR) is 109 cm³/mol. The summed E-state index contributed by atoms with van der Waals surface area (Å²) in [7, 11) is 0. The molecule has 0 saturated heterocycles. The van der Waals surface area contributed by atoms with E-state index in [0.717, 1.165) is 5.56 Å². The zero-order valence-corrected chi connectivity index (χ0v) is 16.9. The van der Waals surface area contributed by atoms with Crippen LogP contribution in [0.25, 0.3) is 0 Å². The Hall–Kier alpha value is -3.35. The largest absolute Gasteiger partial charge is 0.479 e. The second-order valence-corrected chi connectivity index (χ2v) is 7.24. The first-order chi connectivity index (χ1) is 13.7. The van der Waals surface area contributed by atoms with Gasteiger partial charge >= 0.3 is 5.97 Å². The lowest BCUT2D eigenvalue weighted by Crippen LogP contribution is -2.47. The normalized spacial score (nSPS) is 15.6. The monoisotopic (exact) mass is 396 g/mol. The molecule has 0 fully saturated rings. The molecule has 1 unspecified atom stereocenters. The average molecular weight is 396 g/mol. The number of esters is 1. The second-order valence-electron chi connectivity index (χ2n) is 7.24. The van der Waals surface area contributed by atoms with Gasteiger partial charge in [0, 0.05) is 5.69 Å². The van der Waals surface area contributed by atoms with Gasteiger partial charge in [-0.2, -0.15) is 0 Å². The number of anilines is 2. The fourth-order valence-electron chi connectivity index (χ4n) is 3.00. The van der Waals surface area contributed by atoms with Crippen molar-refractivity contribution in [3.8, 4) is 5.75 Å². The molecule has 7 heteroatoms. The summed E-state index contributed by atoms with van der Waals surface area (Å²) in [6.45, 7) is 6.98. The van der Waals surface area contributed by atoms with Gasteiger partial charge in [0.25, 0.3) is 5.91 Å². The van der Waals surface area contributed by atoms with Crippen LogP contribution in [0.5, 0.6) is 5.75 Å². The van der Waals surface area contributed by atoms with Crippen LogP contribution < -0.4 is 15.0 Å². The number of rotatable bonds is 5. The highest BCUT2D eigenvalue weighted by Crippen LogP contribution is 2.34. The summed E-state index contributed by atoms with van der Waals surface area (Å²) >= 11 is 0. The molecule has 29 heavy (non-hydrogen) atoms. The molecule has 2 aromatic rings. The fraction of sp³-hybridized carbons (Fsp3) is 0.318. The molecule has 1 heterocycles. The minimum atomic E-state index is -0.663. The lowest BCUT2D eigenvalue weighted by atomic mass is 10.1. The molecular formula is C22H24N2O5. The van der Waals surface area contributed by atoms with E-state index in [2.05, 4.69) is 5.32 Å². The van der Waals surface area contributed by atoms with Gasteiger partial charge in [-0.15, -0.1) is 0 Å². The summed E-state index contributed by atoms with van der Waals surface area (Å²) in [5.41, 5.74) is 2.46. The van der Waals surface area contributed by atoms with Crippen molar-refractivity contribution >= 4 is 29.2 Å². The SMILES string of the molecule is Cc1ccc2c(c1)N(CC(=O)Nc1ccc(C(=O)OC(C)C)cc1)C(=O)C(C)O2. The number of hydrogen-bond donors (Lipinski definition) is 1. The Morgan fingerprint density at radius 1 is 1.17 bits per heavy atom. The Kier molecular flexibility index (Phi) is 5.87. The topological polar surface area (TPSA) is 84.9 Å². The van der Waals surface area contributed by atoms with Gasteiger partial charge in [-0.1, -0.05) is 6.07 Å². The number of hydrogen-bond acceptors (Lipinski definition) is 5. The van der Waals surface area contributed by atoms with Crippen molar-refractivity contribution in [2.45, 2.75) is 39.9 Å². The molecule has 0 aromatic heterocycles. The highest BCUT2D eigenvalue weighted by molar-refractivity contribution is 6.06. The fourth-order valence-corrected chi connectivity index (χ4v) is 3.00. The molecule has 0 aliphatic carbocycles. The number of carbonyl (C=O) groups is 3. The summed E-state index contributed by atoms with van der Waals surface area (Å²) in [6, 6.07) is 11.9. The predicted octanol–water partition coefficient (Wildman–Crippen LogP) is 3.31. The summed E-state index contributed by atoms with van der Waals surface area (Å²) in [5, 5.41) is 2.75. The van der Waals surface area contributed by atoms with Crippen LogP contribution in [-0.2, 0) is 14.3 Å². The van der Waals surface area contributed by atoms with Crippen LogP contribution >= 0.6 is 0 Å². The molecule has 1 atom stereocenters. The third kappa shape index (κ3) is 4.74. The molecule has 1 N–H and O–H groups in total. The Bertz CT molecular complexity index is 937. The van der Waals surface area contributed by atoms with Gasteiger partial charge in [-0.3, -0.25) is 14.5 Å². The third-order valence-electron chi connectivity index (χ3n) is 4.37. The van der Waals surface area contributed by atoms with Crippen LogP contribution in [0.3, 0.4) is 0 Å². The summed E-state index contributed by atoms with van der Waals surface area (Å²) < 4.78 is 10.8. The number of nitrogens with one attached hydrogen (secondary N) is 1.